The molecule has 2 aliphatic carbocycles. The number of nitrogens with two attached hydrogens (primary N) is 1. The Balaban J connectivity index is 2.44. The van der Waals surface area contributed by atoms with Gasteiger partial charge in [0.2, 0.25) is 0 Å². The van der Waals surface area contributed by atoms with E-state index >= 15 is 0 Å². The molecule has 2 rings (SSSR count). The summed E-state index contributed by atoms with van der Waals surface area (Å²) in [7, 11) is 0. The Hall–Kier alpha value is -0.0800. The number of rotatable bonds is 0. The van der Waals surface area contributed by atoms with Gasteiger partial charge in [-0.2, -0.15) is 0 Å². The van der Waals surface area contributed by atoms with E-state index in [-0.39, 0.29) is 23.0 Å². The normalized spacial score (nSPS) is 56.2. The quantitative estimate of drug-likeness (QED) is 0.571. The molecule has 0 aromatic heterocycles. The van der Waals surface area contributed by atoms with Gasteiger partial charge in [-0.15, -0.1) is 0 Å². The molecule has 70 valence electrons. The van der Waals surface area contributed by atoms with E-state index in [1.165, 1.54) is 6.42 Å². The van der Waals surface area contributed by atoms with Gasteiger partial charge in [-0.25, -0.2) is 0 Å². The van der Waals surface area contributed by atoms with Gasteiger partial charge in [-0.1, -0.05) is 20.8 Å². The summed E-state index contributed by atoms with van der Waals surface area (Å²) in [5.41, 5.74) is 6.27. The van der Waals surface area contributed by atoms with Gasteiger partial charge in [-0.05, 0) is 24.2 Å². The van der Waals surface area contributed by atoms with Crippen LogP contribution in [0.3, 0.4) is 0 Å². The van der Waals surface area contributed by atoms with Gasteiger partial charge in [0.15, 0.2) is 0 Å². The van der Waals surface area contributed by atoms with Gasteiger partial charge in [0, 0.05) is 11.5 Å². The topological polar surface area (TPSA) is 46.2 Å². The molecule has 0 aliphatic heterocycles. The highest BCUT2D eigenvalue weighted by Gasteiger charge is 2.64. The fourth-order valence-corrected chi connectivity index (χ4v) is 3.41. The summed E-state index contributed by atoms with van der Waals surface area (Å²) in [5.74, 6) is 0.525. The molecule has 2 fully saturated rings. The van der Waals surface area contributed by atoms with E-state index in [1.807, 2.05) is 0 Å². The van der Waals surface area contributed by atoms with E-state index in [0.717, 1.165) is 6.42 Å². The van der Waals surface area contributed by atoms with Gasteiger partial charge >= 0.3 is 0 Å². The standard InChI is InChI=1S/C10H19NO/c1-9(2)6-4-5-10(9,3)8(12)7(6)11/h6-8,12H,4-5,11H2,1-3H3/t6-,7?,8-,10-/m0/s1. The summed E-state index contributed by atoms with van der Waals surface area (Å²) in [5, 5.41) is 9.96. The van der Waals surface area contributed by atoms with Crippen molar-refractivity contribution in [2.24, 2.45) is 22.5 Å². The summed E-state index contributed by atoms with van der Waals surface area (Å²) < 4.78 is 0. The summed E-state index contributed by atoms with van der Waals surface area (Å²) in [6, 6.07) is 0.0127. The fourth-order valence-electron chi connectivity index (χ4n) is 3.41. The Morgan fingerprint density at radius 2 is 1.92 bits per heavy atom. The van der Waals surface area contributed by atoms with Crippen LogP contribution in [-0.4, -0.2) is 17.3 Å². The molecule has 12 heavy (non-hydrogen) atoms. The van der Waals surface area contributed by atoms with Crippen molar-refractivity contribution < 1.29 is 5.11 Å². The van der Waals surface area contributed by atoms with Gasteiger partial charge < -0.3 is 10.8 Å². The first-order valence-corrected chi connectivity index (χ1v) is 4.85. The maximum absolute atomic E-state index is 9.96. The van der Waals surface area contributed by atoms with E-state index in [9.17, 15) is 5.11 Å². The minimum absolute atomic E-state index is 0.0127. The average molecular weight is 169 g/mol. The minimum Gasteiger partial charge on any atom is -0.391 e. The molecule has 2 heteroatoms. The van der Waals surface area contributed by atoms with Crippen LogP contribution in [0.25, 0.3) is 0 Å². The molecule has 0 amide bonds. The van der Waals surface area contributed by atoms with Crippen molar-refractivity contribution in [2.75, 3.05) is 0 Å². The number of hydrogen-bond acceptors (Lipinski definition) is 2. The molecule has 0 heterocycles. The summed E-state index contributed by atoms with van der Waals surface area (Å²) in [6.45, 7) is 6.69. The first kappa shape index (κ1) is 8.52. The zero-order chi connectivity index (χ0) is 9.15. The molecule has 0 aromatic carbocycles. The van der Waals surface area contributed by atoms with Crippen LogP contribution in [0.2, 0.25) is 0 Å². The van der Waals surface area contributed by atoms with E-state index in [2.05, 4.69) is 20.8 Å². The molecule has 0 aromatic rings. The zero-order valence-electron chi connectivity index (χ0n) is 8.17. The number of aliphatic hydroxyl groups excluding tert-OH is 1. The van der Waals surface area contributed by atoms with E-state index < -0.39 is 0 Å². The van der Waals surface area contributed by atoms with Crippen molar-refractivity contribution >= 4 is 0 Å². The second-order valence-corrected chi connectivity index (χ2v) is 5.31. The lowest BCUT2D eigenvalue weighted by Crippen LogP contribution is -2.43. The average Bonchev–Trinajstić information content (AvgIpc) is 2.26. The van der Waals surface area contributed by atoms with Crippen LogP contribution in [0.15, 0.2) is 0 Å². The molecular weight excluding hydrogens is 150 g/mol. The predicted molar refractivity (Wildman–Crippen MR) is 48.6 cm³/mol. The molecule has 2 bridgehead atoms. The Bertz CT molecular complexity index is 214. The van der Waals surface area contributed by atoms with Crippen molar-refractivity contribution in [3.63, 3.8) is 0 Å². The van der Waals surface area contributed by atoms with Crippen LogP contribution in [0.1, 0.15) is 33.6 Å². The highest BCUT2D eigenvalue weighted by atomic mass is 16.3. The molecule has 3 N–H and O–H groups in total. The third kappa shape index (κ3) is 0.647. The van der Waals surface area contributed by atoms with E-state index in [0.29, 0.717) is 5.92 Å². The van der Waals surface area contributed by atoms with Gasteiger partial charge in [0.05, 0.1) is 6.10 Å². The fraction of sp³-hybridized carbons (Fsp3) is 1.00. The van der Waals surface area contributed by atoms with Crippen molar-refractivity contribution in [2.45, 2.75) is 45.8 Å². The van der Waals surface area contributed by atoms with Crippen molar-refractivity contribution in [1.29, 1.82) is 0 Å². The maximum Gasteiger partial charge on any atom is 0.0752 e. The molecule has 0 spiro atoms. The monoisotopic (exact) mass is 169 g/mol. The lowest BCUT2D eigenvalue weighted by molar-refractivity contribution is 0.00582. The highest BCUT2D eigenvalue weighted by Crippen LogP contribution is 2.64. The van der Waals surface area contributed by atoms with Crippen LogP contribution in [0, 0.1) is 16.7 Å². The minimum atomic E-state index is -0.286. The SMILES string of the molecule is CC1(C)[C@H]2CC[C@@]1(C)[C@@H](O)C2N. The number of aliphatic hydroxyl groups is 1. The Kier molecular flexibility index (Phi) is 1.45. The van der Waals surface area contributed by atoms with Gasteiger partial charge in [0.1, 0.15) is 0 Å². The van der Waals surface area contributed by atoms with Crippen LogP contribution in [0.4, 0.5) is 0 Å². The Morgan fingerprint density at radius 3 is 2.17 bits per heavy atom. The van der Waals surface area contributed by atoms with Crippen molar-refractivity contribution in [3.05, 3.63) is 0 Å². The second-order valence-electron chi connectivity index (χ2n) is 5.31. The molecule has 0 saturated heterocycles. The zero-order valence-corrected chi connectivity index (χ0v) is 8.17. The van der Waals surface area contributed by atoms with E-state index in [1.54, 1.807) is 0 Å². The van der Waals surface area contributed by atoms with Crippen molar-refractivity contribution in [1.82, 2.24) is 0 Å². The Morgan fingerprint density at radius 1 is 1.33 bits per heavy atom. The number of fused-ring (bicyclic) bond motifs is 2. The summed E-state index contributed by atoms with van der Waals surface area (Å²) in [4.78, 5) is 0. The third-order valence-corrected chi connectivity index (χ3v) is 4.86. The first-order valence-electron chi connectivity index (χ1n) is 4.85. The molecule has 2 nitrogen and oxygen atoms in total. The highest BCUT2D eigenvalue weighted by molar-refractivity contribution is 5.16. The van der Waals surface area contributed by atoms with Crippen LogP contribution >= 0.6 is 0 Å². The smallest absolute Gasteiger partial charge is 0.0752 e. The molecule has 2 saturated carbocycles. The largest absolute Gasteiger partial charge is 0.391 e. The summed E-state index contributed by atoms with van der Waals surface area (Å²) in [6.07, 6.45) is 2.05. The lowest BCUT2D eigenvalue weighted by atomic mass is 9.70. The van der Waals surface area contributed by atoms with Crippen LogP contribution < -0.4 is 5.73 Å². The lowest BCUT2D eigenvalue weighted by Gasteiger charge is -2.36. The van der Waals surface area contributed by atoms with Gasteiger partial charge in [-0.3, -0.25) is 0 Å². The predicted octanol–water partition coefficient (Wildman–Crippen LogP) is 1.13. The van der Waals surface area contributed by atoms with Crippen LogP contribution in [0.5, 0.6) is 0 Å². The number of hydrogen-bond donors (Lipinski definition) is 2. The molecule has 4 atom stereocenters. The van der Waals surface area contributed by atoms with Gasteiger partial charge in [0.25, 0.3) is 0 Å². The Labute approximate surface area is 74.1 Å². The molecule has 1 unspecified atom stereocenters. The summed E-state index contributed by atoms with van der Waals surface area (Å²) >= 11 is 0. The van der Waals surface area contributed by atoms with Crippen LogP contribution in [-0.2, 0) is 0 Å². The first-order chi connectivity index (χ1) is 5.41. The molecule has 0 radical (unpaired) electrons. The second kappa shape index (κ2) is 2.05. The molecule has 2 aliphatic rings. The van der Waals surface area contributed by atoms with Crippen molar-refractivity contribution in [3.8, 4) is 0 Å². The third-order valence-electron chi connectivity index (χ3n) is 4.86. The maximum atomic E-state index is 9.96. The van der Waals surface area contributed by atoms with E-state index in [4.69, 9.17) is 5.73 Å². The molecular formula is C10H19NO.